The molecule has 0 aliphatic carbocycles. The Morgan fingerprint density at radius 3 is 2.62 bits per heavy atom. The van der Waals surface area contributed by atoms with E-state index in [1.807, 2.05) is 32.0 Å². The fraction of sp³-hybridized carbons (Fsp3) is 0.250. The molecule has 4 heteroatoms. The van der Waals surface area contributed by atoms with Gasteiger partial charge in [-0.2, -0.15) is 0 Å². The molecule has 4 nitrogen and oxygen atoms in total. The maximum absolute atomic E-state index is 5.62. The molecule has 0 atom stereocenters. The number of aryl methyl sites for hydroxylation is 1. The second kappa shape index (κ2) is 3.89. The van der Waals surface area contributed by atoms with Crippen LogP contribution in [0.15, 0.2) is 22.7 Å². The highest BCUT2D eigenvalue weighted by atomic mass is 16.5. The Labute approximate surface area is 94.0 Å². The van der Waals surface area contributed by atoms with Gasteiger partial charge in [-0.05, 0) is 25.5 Å². The summed E-state index contributed by atoms with van der Waals surface area (Å²) in [5.41, 5.74) is 9.26. The topological polar surface area (TPSA) is 61.3 Å². The quantitative estimate of drug-likeness (QED) is 0.841. The molecule has 0 saturated carbocycles. The Hall–Kier alpha value is -1.97. The minimum atomic E-state index is 0.356. The molecule has 16 heavy (non-hydrogen) atoms. The monoisotopic (exact) mass is 218 g/mol. The first-order valence-electron chi connectivity index (χ1n) is 5.00. The van der Waals surface area contributed by atoms with Crippen molar-refractivity contribution in [3.05, 3.63) is 29.3 Å². The highest BCUT2D eigenvalue weighted by Crippen LogP contribution is 2.30. The van der Waals surface area contributed by atoms with Crippen molar-refractivity contribution in [2.75, 3.05) is 12.8 Å². The van der Waals surface area contributed by atoms with Crippen LogP contribution in [-0.4, -0.2) is 12.3 Å². The van der Waals surface area contributed by atoms with Gasteiger partial charge in [-0.15, -0.1) is 0 Å². The number of methoxy groups -OCH3 is 1. The zero-order valence-electron chi connectivity index (χ0n) is 9.57. The molecular formula is C12H14N2O2. The highest BCUT2D eigenvalue weighted by Gasteiger charge is 2.12. The second-order valence-corrected chi connectivity index (χ2v) is 3.70. The molecule has 0 saturated heterocycles. The molecule has 0 amide bonds. The van der Waals surface area contributed by atoms with E-state index in [1.54, 1.807) is 7.11 Å². The molecule has 2 aromatic rings. The molecule has 0 aliphatic rings. The van der Waals surface area contributed by atoms with Crippen molar-refractivity contribution >= 4 is 5.88 Å². The standard InChI is InChI=1S/C12H14N2O2/c1-7-4-5-9(6-10(7)15-3)11-8(2)12(13)16-14-11/h4-6H,13H2,1-3H3. The smallest absolute Gasteiger partial charge is 0.225 e. The summed E-state index contributed by atoms with van der Waals surface area (Å²) < 4.78 is 10.2. The first-order chi connectivity index (χ1) is 7.63. The summed E-state index contributed by atoms with van der Waals surface area (Å²) in [6.45, 7) is 3.88. The zero-order valence-corrected chi connectivity index (χ0v) is 9.57. The van der Waals surface area contributed by atoms with E-state index in [2.05, 4.69) is 5.16 Å². The van der Waals surface area contributed by atoms with E-state index < -0.39 is 0 Å². The number of aromatic nitrogens is 1. The van der Waals surface area contributed by atoms with Crippen LogP contribution in [0, 0.1) is 13.8 Å². The van der Waals surface area contributed by atoms with Crippen LogP contribution in [0.5, 0.6) is 5.75 Å². The van der Waals surface area contributed by atoms with Crippen LogP contribution < -0.4 is 10.5 Å². The lowest BCUT2D eigenvalue weighted by molar-refractivity contribution is 0.411. The lowest BCUT2D eigenvalue weighted by Gasteiger charge is -2.06. The summed E-state index contributed by atoms with van der Waals surface area (Å²) in [4.78, 5) is 0. The largest absolute Gasteiger partial charge is 0.496 e. The molecule has 0 bridgehead atoms. The van der Waals surface area contributed by atoms with Gasteiger partial charge in [0, 0.05) is 11.1 Å². The number of hydrogen-bond donors (Lipinski definition) is 1. The van der Waals surface area contributed by atoms with Gasteiger partial charge in [-0.25, -0.2) is 0 Å². The van der Waals surface area contributed by atoms with Crippen LogP contribution in [0.1, 0.15) is 11.1 Å². The van der Waals surface area contributed by atoms with Gasteiger partial charge < -0.3 is 15.0 Å². The molecule has 0 unspecified atom stereocenters. The minimum Gasteiger partial charge on any atom is -0.496 e. The number of hydrogen-bond acceptors (Lipinski definition) is 4. The Morgan fingerprint density at radius 1 is 1.31 bits per heavy atom. The highest BCUT2D eigenvalue weighted by molar-refractivity contribution is 5.68. The van der Waals surface area contributed by atoms with E-state index in [0.717, 1.165) is 28.1 Å². The van der Waals surface area contributed by atoms with Crippen LogP contribution >= 0.6 is 0 Å². The van der Waals surface area contributed by atoms with Crippen molar-refractivity contribution in [3.8, 4) is 17.0 Å². The fourth-order valence-corrected chi connectivity index (χ4v) is 1.58. The average molecular weight is 218 g/mol. The van der Waals surface area contributed by atoms with Gasteiger partial charge in [0.2, 0.25) is 5.88 Å². The summed E-state index contributed by atoms with van der Waals surface area (Å²) in [6.07, 6.45) is 0. The van der Waals surface area contributed by atoms with E-state index in [0.29, 0.717) is 5.88 Å². The molecule has 84 valence electrons. The SMILES string of the molecule is COc1cc(-c2noc(N)c2C)ccc1C. The number of ether oxygens (including phenoxy) is 1. The molecule has 0 radical (unpaired) electrons. The predicted octanol–water partition coefficient (Wildman–Crippen LogP) is 2.55. The lowest BCUT2D eigenvalue weighted by atomic mass is 10.1. The number of benzene rings is 1. The fourth-order valence-electron chi connectivity index (χ4n) is 1.58. The first kappa shape index (κ1) is 10.5. The molecule has 1 heterocycles. The van der Waals surface area contributed by atoms with Gasteiger partial charge in [-0.3, -0.25) is 0 Å². The van der Waals surface area contributed by atoms with E-state index in [1.165, 1.54) is 0 Å². The first-order valence-corrected chi connectivity index (χ1v) is 5.00. The molecule has 0 fully saturated rings. The van der Waals surface area contributed by atoms with Gasteiger partial charge in [0.25, 0.3) is 0 Å². The van der Waals surface area contributed by atoms with Crippen molar-refractivity contribution in [2.24, 2.45) is 0 Å². The Balaban J connectivity index is 2.52. The lowest BCUT2D eigenvalue weighted by Crippen LogP contribution is -1.89. The van der Waals surface area contributed by atoms with Crippen molar-refractivity contribution in [2.45, 2.75) is 13.8 Å². The molecule has 1 aromatic heterocycles. The summed E-state index contributed by atoms with van der Waals surface area (Å²) >= 11 is 0. The summed E-state index contributed by atoms with van der Waals surface area (Å²) in [5.74, 6) is 1.19. The molecule has 0 spiro atoms. The average Bonchev–Trinajstić information content (AvgIpc) is 2.61. The third kappa shape index (κ3) is 1.62. The van der Waals surface area contributed by atoms with E-state index in [-0.39, 0.29) is 0 Å². The minimum absolute atomic E-state index is 0.356. The van der Waals surface area contributed by atoms with Crippen LogP contribution in [0.2, 0.25) is 0 Å². The predicted molar refractivity (Wildman–Crippen MR) is 62.4 cm³/mol. The number of rotatable bonds is 2. The van der Waals surface area contributed by atoms with Crippen molar-refractivity contribution < 1.29 is 9.26 Å². The number of nitrogens with two attached hydrogens (primary N) is 1. The molecular weight excluding hydrogens is 204 g/mol. The number of nitrogens with zero attached hydrogens (tertiary/aromatic N) is 1. The molecule has 1 aromatic carbocycles. The Morgan fingerprint density at radius 2 is 2.06 bits per heavy atom. The van der Waals surface area contributed by atoms with Gasteiger partial charge in [0.05, 0.1) is 7.11 Å². The zero-order chi connectivity index (χ0) is 11.7. The van der Waals surface area contributed by atoms with E-state index in [9.17, 15) is 0 Å². The number of nitrogen functional groups attached to an aromatic ring is 1. The van der Waals surface area contributed by atoms with Crippen LogP contribution in [0.4, 0.5) is 5.88 Å². The van der Waals surface area contributed by atoms with Crippen molar-refractivity contribution in [1.29, 1.82) is 0 Å². The third-order valence-electron chi connectivity index (χ3n) is 2.64. The number of anilines is 1. The maximum Gasteiger partial charge on any atom is 0.225 e. The third-order valence-corrected chi connectivity index (χ3v) is 2.64. The summed E-state index contributed by atoms with van der Waals surface area (Å²) in [6, 6.07) is 5.89. The van der Waals surface area contributed by atoms with Crippen LogP contribution in [0.3, 0.4) is 0 Å². The van der Waals surface area contributed by atoms with E-state index >= 15 is 0 Å². The van der Waals surface area contributed by atoms with Gasteiger partial charge in [0.15, 0.2) is 0 Å². The maximum atomic E-state index is 5.62. The van der Waals surface area contributed by atoms with E-state index in [4.69, 9.17) is 15.0 Å². The Bertz CT molecular complexity index is 518. The van der Waals surface area contributed by atoms with Crippen LogP contribution in [0.25, 0.3) is 11.3 Å². The molecule has 2 N–H and O–H groups in total. The summed E-state index contributed by atoms with van der Waals surface area (Å²) in [5, 5.41) is 3.94. The normalized spacial score (nSPS) is 10.4. The molecule has 2 rings (SSSR count). The molecule has 0 aliphatic heterocycles. The Kier molecular flexibility index (Phi) is 2.56. The van der Waals surface area contributed by atoms with Crippen LogP contribution in [-0.2, 0) is 0 Å². The van der Waals surface area contributed by atoms with Crippen molar-refractivity contribution in [1.82, 2.24) is 5.16 Å². The second-order valence-electron chi connectivity index (χ2n) is 3.70. The van der Waals surface area contributed by atoms with Gasteiger partial charge >= 0.3 is 0 Å². The van der Waals surface area contributed by atoms with Crippen molar-refractivity contribution in [3.63, 3.8) is 0 Å². The summed E-state index contributed by atoms with van der Waals surface area (Å²) in [7, 11) is 1.65. The van der Waals surface area contributed by atoms with Gasteiger partial charge in [0.1, 0.15) is 11.4 Å². The van der Waals surface area contributed by atoms with Gasteiger partial charge in [-0.1, -0.05) is 17.3 Å².